The van der Waals surface area contributed by atoms with Crippen LogP contribution < -0.4 is 30.3 Å². The van der Waals surface area contributed by atoms with Crippen molar-refractivity contribution in [3.05, 3.63) is 77.4 Å². The zero-order valence-corrected chi connectivity index (χ0v) is 23.8. The van der Waals surface area contributed by atoms with Crippen LogP contribution in [-0.2, 0) is 14.4 Å². The molecule has 0 unspecified atom stereocenters. The molecule has 10 nitrogen and oxygen atoms in total. The molecule has 0 saturated carbocycles. The van der Waals surface area contributed by atoms with Crippen LogP contribution in [-0.4, -0.2) is 43.8 Å². The molecule has 3 rings (SSSR count). The topological polar surface area (TPSA) is 127 Å². The predicted molar refractivity (Wildman–Crippen MR) is 159 cm³/mol. The van der Waals surface area contributed by atoms with Crippen molar-refractivity contribution in [3.63, 3.8) is 0 Å². The van der Waals surface area contributed by atoms with Crippen molar-refractivity contribution in [2.24, 2.45) is 5.10 Å². The standard InChI is InChI=1S/C31H36N4O6/c1-5-7-14-40-26-11-9-24(10-12-26)34-30(37)31(38)35-32-19-23-8-13-27(28(18-23)39-6-2)41-20-29(36)33-25-16-21(3)15-22(4)17-25/h8-13,15-19H,5-7,14,20H2,1-4H3,(H,33,36)(H,34,37)(H,35,38)/b32-19-. The smallest absolute Gasteiger partial charge is 0.329 e. The van der Waals surface area contributed by atoms with Crippen LogP contribution in [0.4, 0.5) is 11.4 Å². The Labute approximate surface area is 240 Å². The van der Waals surface area contributed by atoms with Gasteiger partial charge in [0, 0.05) is 11.4 Å². The van der Waals surface area contributed by atoms with Crippen molar-refractivity contribution in [3.8, 4) is 17.2 Å². The SMILES string of the molecule is CCCCOc1ccc(NC(=O)C(=O)N/N=C\c2ccc(OCC(=O)Nc3cc(C)cc(C)c3)c(OCC)c2)cc1. The van der Waals surface area contributed by atoms with Crippen LogP contribution in [0.1, 0.15) is 43.4 Å². The molecule has 3 amide bonds. The van der Waals surface area contributed by atoms with Gasteiger partial charge in [-0.25, -0.2) is 5.43 Å². The normalized spacial score (nSPS) is 10.6. The summed E-state index contributed by atoms with van der Waals surface area (Å²) in [5.74, 6) is -0.621. The Hall–Kier alpha value is -4.86. The number of unbranched alkanes of at least 4 members (excludes halogenated alkanes) is 1. The van der Waals surface area contributed by atoms with E-state index >= 15 is 0 Å². The van der Waals surface area contributed by atoms with Crippen LogP contribution in [0.25, 0.3) is 0 Å². The molecule has 0 aromatic heterocycles. The molecular formula is C31H36N4O6. The third-order valence-electron chi connectivity index (χ3n) is 5.60. The first kappa shape index (κ1) is 30.7. The minimum atomic E-state index is -0.927. The number of nitrogens with one attached hydrogen (secondary N) is 3. The van der Waals surface area contributed by atoms with Gasteiger partial charge in [0.2, 0.25) is 0 Å². The second-order valence-corrected chi connectivity index (χ2v) is 9.23. The molecule has 216 valence electrons. The number of carbonyl (C=O) groups excluding carboxylic acids is 3. The first-order valence-electron chi connectivity index (χ1n) is 13.4. The quantitative estimate of drug-likeness (QED) is 0.117. The Balaban J connectivity index is 1.51. The number of nitrogens with zero attached hydrogens (tertiary/aromatic N) is 1. The van der Waals surface area contributed by atoms with Gasteiger partial charge >= 0.3 is 11.8 Å². The number of hydrazone groups is 1. The number of rotatable bonds is 13. The summed E-state index contributed by atoms with van der Waals surface area (Å²) in [6, 6.07) is 17.5. The Bertz CT molecular complexity index is 1350. The fraction of sp³-hybridized carbons (Fsp3) is 0.290. The van der Waals surface area contributed by atoms with Gasteiger partial charge < -0.3 is 24.8 Å². The summed E-state index contributed by atoms with van der Waals surface area (Å²) in [5.41, 5.74) is 6.04. The van der Waals surface area contributed by atoms with Gasteiger partial charge in [0.15, 0.2) is 18.1 Å². The molecule has 0 aliphatic rings. The molecule has 0 spiro atoms. The zero-order valence-electron chi connectivity index (χ0n) is 23.8. The molecule has 0 aliphatic carbocycles. The van der Waals surface area contributed by atoms with Crippen molar-refractivity contribution in [1.82, 2.24) is 5.43 Å². The molecule has 0 saturated heterocycles. The predicted octanol–water partition coefficient (Wildman–Crippen LogP) is 4.99. The fourth-order valence-electron chi connectivity index (χ4n) is 3.75. The number of carbonyl (C=O) groups is 3. The molecule has 0 radical (unpaired) electrons. The highest BCUT2D eigenvalue weighted by molar-refractivity contribution is 6.39. The van der Waals surface area contributed by atoms with Crippen LogP contribution >= 0.6 is 0 Å². The van der Waals surface area contributed by atoms with E-state index in [4.69, 9.17) is 14.2 Å². The van der Waals surface area contributed by atoms with Gasteiger partial charge in [-0.3, -0.25) is 14.4 Å². The minimum Gasteiger partial charge on any atom is -0.494 e. The highest BCUT2D eigenvalue weighted by Gasteiger charge is 2.13. The van der Waals surface area contributed by atoms with E-state index in [2.05, 4.69) is 28.1 Å². The maximum atomic E-state index is 12.4. The Morgan fingerprint density at radius 1 is 0.780 bits per heavy atom. The molecule has 3 N–H and O–H groups in total. The summed E-state index contributed by atoms with van der Waals surface area (Å²) < 4.78 is 16.9. The number of benzene rings is 3. The third-order valence-corrected chi connectivity index (χ3v) is 5.60. The van der Waals surface area contributed by atoms with Gasteiger partial charge in [-0.1, -0.05) is 19.4 Å². The maximum Gasteiger partial charge on any atom is 0.329 e. The van der Waals surface area contributed by atoms with Crippen LogP contribution in [0.5, 0.6) is 17.2 Å². The van der Waals surface area contributed by atoms with Gasteiger partial charge in [-0.2, -0.15) is 5.10 Å². The number of hydrogen-bond acceptors (Lipinski definition) is 7. The Morgan fingerprint density at radius 3 is 2.20 bits per heavy atom. The third kappa shape index (κ3) is 10.3. The number of aryl methyl sites for hydroxylation is 2. The summed E-state index contributed by atoms with van der Waals surface area (Å²) >= 11 is 0. The molecule has 3 aromatic rings. The van der Waals surface area contributed by atoms with Crippen LogP contribution in [0.15, 0.2) is 65.8 Å². The average Bonchev–Trinajstić information content (AvgIpc) is 2.93. The summed E-state index contributed by atoms with van der Waals surface area (Å²) in [7, 11) is 0. The second kappa shape index (κ2) is 15.7. The number of amides is 3. The van der Waals surface area contributed by atoms with E-state index in [-0.39, 0.29) is 12.5 Å². The maximum absolute atomic E-state index is 12.4. The Morgan fingerprint density at radius 2 is 1.51 bits per heavy atom. The van der Waals surface area contributed by atoms with Crippen molar-refractivity contribution < 1.29 is 28.6 Å². The van der Waals surface area contributed by atoms with Crippen LogP contribution in [0.3, 0.4) is 0 Å². The fourth-order valence-corrected chi connectivity index (χ4v) is 3.75. The van der Waals surface area contributed by atoms with Gasteiger partial charge in [0.25, 0.3) is 5.91 Å². The van der Waals surface area contributed by atoms with E-state index in [1.165, 1.54) is 6.21 Å². The molecule has 0 fully saturated rings. The van der Waals surface area contributed by atoms with Crippen molar-refractivity contribution in [2.45, 2.75) is 40.5 Å². The average molecular weight is 561 g/mol. The largest absolute Gasteiger partial charge is 0.494 e. The second-order valence-electron chi connectivity index (χ2n) is 9.23. The van der Waals surface area contributed by atoms with E-state index < -0.39 is 11.8 Å². The number of anilines is 2. The zero-order chi connectivity index (χ0) is 29.6. The van der Waals surface area contributed by atoms with E-state index in [9.17, 15) is 14.4 Å². The van der Waals surface area contributed by atoms with Crippen molar-refractivity contribution in [2.75, 3.05) is 30.5 Å². The molecule has 41 heavy (non-hydrogen) atoms. The lowest BCUT2D eigenvalue weighted by atomic mass is 10.1. The van der Waals surface area contributed by atoms with Gasteiger partial charge in [-0.05, 0) is 98.5 Å². The highest BCUT2D eigenvalue weighted by atomic mass is 16.5. The molecule has 0 atom stereocenters. The van der Waals surface area contributed by atoms with Crippen LogP contribution in [0.2, 0.25) is 0 Å². The van der Waals surface area contributed by atoms with Crippen LogP contribution in [0, 0.1) is 13.8 Å². The first-order chi connectivity index (χ1) is 19.8. The summed E-state index contributed by atoms with van der Waals surface area (Å²) in [6.07, 6.45) is 3.36. The monoisotopic (exact) mass is 560 g/mol. The molecule has 0 aliphatic heterocycles. The van der Waals surface area contributed by atoms with Gasteiger partial charge in [0.05, 0.1) is 19.4 Å². The molecule has 3 aromatic carbocycles. The highest BCUT2D eigenvalue weighted by Crippen LogP contribution is 2.28. The molecule has 10 heteroatoms. The van der Waals surface area contributed by atoms with E-state index in [0.717, 1.165) is 24.0 Å². The van der Waals surface area contributed by atoms with E-state index in [1.54, 1.807) is 42.5 Å². The van der Waals surface area contributed by atoms with Gasteiger partial charge in [0.1, 0.15) is 5.75 Å². The lowest BCUT2D eigenvalue weighted by molar-refractivity contribution is -0.136. The molecular weight excluding hydrogens is 524 g/mol. The lowest BCUT2D eigenvalue weighted by Gasteiger charge is -2.13. The summed E-state index contributed by atoms with van der Waals surface area (Å²) in [4.78, 5) is 36.8. The summed E-state index contributed by atoms with van der Waals surface area (Å²) in [5, 5.41) is 9.20. The van der Waals surface area contributed by atoms with E-state index in [0.29, 0.717) is 47.4 Å². The van der Waals surface area contributed by atoms with E-state index in [1.807, 2.05) is 39.0 Å². The lowest BCUT2D eigenvalue weighted by Crippen LogP contribution is -2.32. The number of hydrogen-bond donors (Lipinski definition) is 3. The number of ether oxygens (including phenoxy) is 3. The molecule has 0 bridgehead atoms. The summed E-state index contributed by atoms with van der Waals surface area (Å²) in [6.45, 7) is 8.61. The minimum absolute atomic E-state index is 0.208. The molecule has 0 heterocycles. The van der Waals surface area contributed by atoms with Crippen molar-refractivity contribution >= 4 is 35.3 Å². The Kier molecular flexibility index (Phi) is 11.7. The van der Waals surface area contributed by atoms with Gasteiger partial charge in [-0.15, -0.1) is 0 Å². The van der Waals surface area contributed by atoms with Crippen molar-refractivity contribution in [1.29, 1.82) is 0 Å². The first-order valence-corrected chi connectivity index (χ1v) is 13.4.